The first-order valence-corrected chi connectivity index (χ1v) is 6.38. The predicted molar refractivity (Wildman–Crippen MR) is 49.4 cm³/mol. The fourth-order valence-electron chi connectivity index (χ4n) is 0.389. The lowest BCUT2D eigenvalue weighted by Gasteiger charge is -2.03. The Labute approximate surface area is 88.8 Å². The van der Waals surface area contributed by atoms with Gasteiger partial charge in [-0.05, 0) is 5.21 Å². The van der Waals surface area contributed by atoms with Crippen LogP contribution in [0.25, 0.3) is 0 Å². The highest BCUT2D eigenvalue weighted by Gasteiger charge is 2.27. The molecule has 92 valence electrons. The van der Waals surface area contributed by atoms with E-state index in [1.165, 1.54) is 6.20 Å². The molecule has 0 spiro atoms. The Hall–Kier alpha value is -0.930. The molecule has 0 unspecified atom stereocenters. The van der Waals surface area contributed by atoms with Crippen molar-refractivity contribution in [2.24, 2.45) is 0 Å². The van der Waals surface area contributed by atoms with Crippen LogP contribution in [0, 0.1) is 0 Å². The predicted octanol–water partition coefficient (Wildman–Crippen LogP) is -1.36. The third-order valence-corrected chi connectivity index (χ3v) is 2.44. The Morgan fingerprint density at radius 3 is 1.81 bits per heavy atom. The Balaban J connectivity index is 0.000000288. The van der Waals surface area contributed by atoms with Crippen LogP contribution in [0.15, 0.2) is 12.3 Å². The van der Waals surface area contributed by atoms with Crippen LogP contribution < -0.4 is 5.73 Å². The molecule has 0 fully saturated rings. The molecular formula is C3H8N4O7P2. The summed E-state index contributed by atoms with van der Waals surface area (Å²) in [4.78, 5) is 31.0. The van der Waals surface area contributed by atoms with Crippen LogP contribution in [-0.4, -0.2) is 35.0 Å². The summed E-state index contributed by atoms with van der Waals surface area (Å²) < 4.78 is 22.2. The number of anilines is 1. The summed E-state index contributed by atoms with van der Waals surface area (Å²) in [5.41, 5.74) is 5.14. The third kappa shape index (κ3) is 11.1. The van der Waals surface area contributed by atoms with Crippen molar-refractivity contribution in [2.45, 2.75) is 0 Å². The summed E-state index contributed by atoms with van der Waals surface area (Å²) in [7, 11) is -10.1. The Bertz CT molecular complexity index is 379. The van der Waals surface area contributed by atoms with Gasteiger partial charge in [0, 0.05) is 6.07 Å². The smallest absolute Gasteiger partial charge is 0.382 e. The molecule has 1 aromatic heterocycles. The number of phosphoric acid groups is 2. The van der Waals surface area contributed by atoms with E-state index in [2.05, 4.69) is 19.7 Å². The van der Waals surface area contributed by atoms with Crippen LogP contribution in [-0.2, 0) is 13.4 Å². The molecule has 1 aromatic rings. The van der Waals surface area contributed by atoms with Crippen molar-refractivity contribution in [3.8, 4) is 0 Å². The van der Waals surface area contributed by atoms with Crippen LogP contribution in [0.4, 0.5) is 5.82 Å². The minimum atomic E-state index is -5.05. The van der Waals surface area contributed by atoms with E-state index >= 15 is 0 Å². The van der Waals surface area contributed by atoms with Gasteiger partial charge in [0.25, 0.3) is 0 Å². The summed E-state index contributed by atoms with van der Waals surface area (Å²) in [5, 5.41) is 10.1. The lowest BCUT2D eigenvalue weighted by atomic mass is 10.6. The number of nitrogens with two attached hydrogens (primary N) is 1. The van der Waals surface area contributed by atoms with E-state index < -0.39 is 15.6 Å². The van der Waals surface area contributed by atoms with Crippen LogP contribution in [0.5, 0.6) is 0 Å². The minimum absolute atomic E-state index is 0.398. The lowest BCUT2D eigenvalue weighted by molar-refractivity contribution is 0.225. The summed E-state index contributed by atoms with van der Waals surface area (Å²) in [5.74, 6) is 0.398. The van der Waals surface area contributed by atoms with Gasteiger partial charge in [-0.3, -0.25) is 0 Å². The molecule has 0 saturated carbocycles. The van der Waals surface area contributed by atoms with E-state index in [4.69, 9.17) is 25.3 Å². The molecule has 0 bridgehead atoms. The van der Waals surface area contributed by atoms with Crippen molar-refractivity contribution in [3.05, 3.63) is 12.3 Å². The van der Waals surface area contributed by atoms with Crippen molar-refractivity contribution >= 4 is 21.5 Å². The summed E-state index contributed by atoms with van der Waals surface area (Å²) >= 11 is 0. The molecule has 0 aliphatic carbocycles. The average molecular weight is 274 g/mol. The molecule has 0 radical (unpaired) electrons. The molecule has 6 N–H and O–H groups in total. The maximum Gasteiger partial charge on any atom is 0.478 e. The fourth-order valence-corrected chi connectivity index (χ4v) is 1.50. The van der Waals surface area contributed by atoms with Gasteiger partial charge in [-0.15, -0.1) is 10.2 Å². The summed E-state index contributed by atoms with van der Waals surface area (Å²) in [6.45, 7) is 0. The van der Waals surface area contributed by atoms with Gasteiger partial charge in [-0.2, -0.15) is 4.31 Å². The first-order chi connectivity index (χ1) is 7.10. The second-order valence-electron chi connectivity index (χ2n) is 2.11. The fraction of sp³-hybridized carbons (Fsp3) is 0. The average Bonchev–Trinajstić information content (AvgIpc) is 1.99. The van der Waals surface area contributed by atoms with Crippen molar-refractivity contribution in [3.63, 3.8) is 0 Å². The van der Waals surface area contributed by atoms with E-state index in [0.717, 1.165) is 0 Å². The molecule has 16 heavy (non-hydrogen) atoms. The van der Waals surface area contributed by atoms with Crippen LogP contribution >= 0.6 is 15.6 Å². The van der Waals surface area contributed by atoms with Crippen molar-refractivity contribution in [2.75, 3.05) is 5.73 Å². The number of nitrogens with zero attached hydrogens (tertiary/aromatic N) is 3. The molecule has 0 saturated heterocycles. The Morgan fingerprint density at radius 2 is 1.69 bits per heavy atom. The van der Waals surface area contributed by atoms with Gasteiger partial charge in [0.05, 0.1) is 6.20 Å². The highest BCUT2D eigenvalue weighted by molar-refractivity contribution is 7.60. The molecule has 13 heteroatoms. The molecule has 11 nitrogen and oxygen atoms in total. The van der Waals surface area contributed by atoms with Crippen LogP contribution in [0.1, 0.15) is 0 Å². The SMILES string of the molecule is Nc1ccnnn1.O=P(O)(O)OP(=O)(O)O. The van der Waals surface area contributed by atoms with Crippen molar-refractivity contribution in [1.29, 1.82) is 0 Å². The number of hydrogen-bond donors (Lipinski definition) is 5. The largest absolute Gasteiger partial charge is 0.478 e. The summed E-state index contributed by atoms with van der Waals surface area (Å²) in [6.07, 6.45) is 1.49. The van der Waals surface area contributed by atoms with Gasteiger partial charge in [-0.1, -0.05) is 0 Å². The van der Waals surface area contributed by atoms with Crippen LogP contribution in [0.2, 0.25) is 0 Å². The Kier molecular flexibility index (Phi) is 5.62. The maximum atomic E-state index is 9.63. The lowest BCUT2D eigenvalue weighted by Crippen LogP contribution is -1.91. The highest BCUT2D eigenvalue weighted by atomic mass is 31.3. The van der Waals surface area contributed by atoms with Gasteiger partial charge < -0.3 is 25.3 Å². The second kappa shape index (κ2) is 5.97. The zero-order valence-electron chi connectivity index (χ0n) is 7.48. The zero-order chi connectivity index (χ0) is 12.8. The first-order valence-electron chi connectivity index (χ1n) is 3.32. The van der Waals surface area contributed by atoms with Gasteiger partial charge in [0.15, 0.2) is 0 Å². The number of rotatable bonds is 2. The van der Waals surface area contributed by atoms with E-state index in [0.29, 0.717) is 5.82 Å². The zero-order valence-corrected chi connectivity index (χ0v) is 9.27. The number of hydrogen-bond acceptors (Lipinski definition) is 7. The molecule has 0 aliphatic heterocycles. The molecule has 1 rings (SSSR count). The monoisotopic (exact) mass is 274 g/mol. The van der Waals surface area contributed by atoms with Crippen molar-refractivity contribution in [1.82, 2.24) is 15.4 Å². The molecule has 0 aliphatic rings. The second-order valence-corrected chi connectivity index (χ2v) is 4.72. The normalized spacial score (nSPS) is 11.5. The van der Waals surface area contributed by atoms with Crippen molar-refractivity contribution < 1.29 is 33.0 Å². The van der Waals surface area contributed by atoms with Gasteiger partial charge in [0.1, 0.15) is 5.82 Å². The summed E-state index contributed by atoms with van der Waals surface area (Å²) in [6, 6.07) is 1.58. The topological polar surface area (TPSA) is 189 Å². The van der Waals surface area contributed by atoms with E-state index in [-0.39, 0.29) is 0 Å². The molecule has 0 amide bonds. The number of aromatic nitrogens is 3. The quantitative estimate of drug-likeness (QED) is 0.400. The Morgan fingerprint density at radius 1 is 1.19 bits per heavy atom. The minimum Gasteiger partial charge on any atom is -0.382 e. The molecular weight excluding hydrogens is 266 g/mol. The third-order valence-electron chi connectivity index (χ3n) is 0.737. The molecule has 0 atom stereocenters. The van der Waals surface area contributed by atoms with E-state index in [1.807, 2.05) is 0 Å². The van der Waals surface area contributed by atoms with Gasteiger partial charge in [0.2, 0.25) is 0 Å². The van der Waals surface area contributed by atoms with E-state index in [9.17, 15) is 9.13 Å². The van der Waals surface area contributed by atoms with Crippen LogP contribution in [0.3, 0.4) is 0 Å². The maximum absolute atomic E-state index is 9.63. The number of nitrogen functional groups attached to an aromatic ring is 1. The molecule has 1 heterocycles. The van der Waals surface area contributed by atoms with E-state index in [1.54, 1.807) is 6.07 Å². The standard InChI is InChI=1S/C3H4N4.H4O7P2/c4-3-1-2-5-7-6-3;1-8(2,3)7-9(4,5)6/h1-2H,(H2,4,5,6);(H2,1,2,3)(H2,4,5,6). The highest BCUT2D eigenvalue weighted by Crippen LogP contribution is 2.53. The molecule has 0 aromatic carbocycles. The first kappa shape index (κ1) is 15.1. The van der Waals surface area contributed by atoms with Gasteiger partial charge in [-0.25, -0.2) is 9.13 Å². The van der Waals surface area contributed by atoms with Gasteiger partial charge >= 0.3 is 15.6 Å².